The van der Waals surface area contributed by atoms with E-state index in [-0.39, 0.29) is 0 Å². The zero-order chi connectivity index (χ0) is 17.9. The SMILES string of the molecule is CCc1ccc(CC[C@H]2CC[C@H](CCC=CC=C(F)C#N)CC2)cc1. The van der Waals surface area contributed by atoms with Gasteiger partial charge in [0.25, 0.3) is 0 Å². The molecule has 1 aliphatic carbocycles. The van der Waals surface area contributed by atoms with Gasteiger partial charge in [-0.05, 0) is 61.1 Å². The van der Waals surface area contributed by atoms with Gasteiger partial charge in [0.05, 0.1) is 0 Å². The van der Waals surface area contributed by atoms with Crippen LogP contribution >= 0.6 is 0 Å². The lowest BCUT2D eigenvalue weighted by atomic mass is 9.78. The van der Waals surface area contributed by atoms with Crippen molar-refractivity contribution in [2.24, 2.45) is 11.8 Å². The molecular weight excluding hydrogens is 309 g/mol. The Morgan fingerprint density at radius 3 is 2.28 bits per heavy atom. The Morgan fingerprint density at radius 2 is 1.68 bits per heavy atom. The minimum absolute atomic E-state index is 0.721. The third kappa shape index (κ3) is 7.26. The van der Waals surface area contributed by atoms with E-state index in [9.17, 15) is 4.39 Å². The topological polar surface area (TPSA) is 23.8 Å². The number of hydrogen-bond donors (Lipinski definition) is 0. The Hall–Kier alpha value is -1.88. The van der Waals surface area contributed by atoms with Crippen LogP contribution in [0.5, 0.6) is 0 Å². The smallest absolute Gasteiger partial charge is 0.195 e. The molecule has 2 rings (SSSR count). The summed E-state index contributed by atoms with van der Waals surface area (Å²) in [5.41, 5.74) is 2.89. The molecule has 0 aliphatic heterocycles. The van der Waals surface area contributed by atoms with Gasteiger partial charge in [0.1, 0.15) is 6.07 Å². The van der Waals surface area contributed by atoms with Crippen molar-refractivity contribution >= 4 is 0 Å². The number of aryl methyl sites for hydroxylation is 2. The summed E-state index contributed by atoms with van der Waals surface area (Å²) in [5, 5.41) is 8.33. The summed E-state index contributed by atoms with van der Waals surface area (Å²) in [7, 11) is 0. The standard InChI is InChI=1S/C23H30FN/c1-2-19-8-10-21(11-9-19)16-17-22-14-12-20(13-15-22)6-4-3-5-7-23(24)18-25/h3,5,7-11,20,22H,2,4,6,12-17H2,1H3/t20-,22-. The van der Waals surface area contributed by atoms with E-state index in [1.807, 2.05) is 6.08 Å². The highest BCUT2D eigenvalue weighted by Gasteiger charge is 2.20. The molecule has 0 N–H and O–H groups in total. The van der Waals surface area contributed by atoms with Crippen LogP contribution in [-0.2, 0) is 12.8 Å². The Morgan fingerprint density at radius 1 is 1.08 bits per heavy atom. The molecule has 2 heteroatoms. The number of nitrogens with zero attached hydrogens (tertiary/aromatic N) is 1. The van der Waals surface area contributed by atoms with Crippen molar-refractivity contribution in [1.29, 1.82) is 5.26 Å². The summed E-state index contributed by atoms with van der Waals surface area (Å²) in [6.07, 6.45) is 16.0. The van der Waals surface area contributed by atoms with Crippen molar-refractivity contribution in [1.82, 2.24) is 0 Å². The van der Waals surface area contributed by atoms with Crippen molar-refractivity contribution in [3.63, 3.8) is 0 Å². The first-order valence-electron chi connectivity index (χ1n) is 9.71. The lowest BCUT2D eigenvalue weighted by molar-refractivity contribution is 0.254. The van der Waals surface area contributed by atoms with Crippen LogP contribution in [-0.4, -0.2) is 0 Å². The van der Waals surface area contributed by atoms with Crippen molar-refractivity contribution < 1.29 is 4.39 Å². The maximum atomic E-state index is 12.6. The molecule has 0 saturated heterocycles. The third-order valence-corrected chi connectivity index (χ3v) is 5.47. The molecule has 0 heterocycles. The van der Waals surface area contributed by atoms with Gasteiger partial charge >= 0.3 is 0 Å². The molecule has 0 bridgehead atoms. The van der Waals surface area contributed by atoms with Crippen LogP contribution in [0.25, 0.3) is 0 Å². The number of halogens is 1. The normalized spacial score (nSPS) is 21.4. The zero-order valence-electron chi connectivity index (χ0n) is 15.4. The van der Waals surface area contributed by atoms with Crippen LogP contribution in [0, 0.1) is 23.2 Å². The van der Waals surface area contributed by atoms with E-state index in [0.717, 1.165) is 24.7 Å². The molecular formula is C23H30FN. The fraction of sp³-hybridized carbons (Fsp3) is 0.522. The lowest BCUT2D eigenvalue weighted by Gasteiger charge is -2.28. The molecule has 0 atom stereocenters. The van der Waals surface area contributed by atoms with Gasteiger partial charge in [-0.2, -0.15) is 9.65 Å². The summed E-state index contributed by atoms with van der Waals surface area (Å²) >= 11 is 0. The van der Waals surface area contributed by atoms with E-state index in [1.54, 1.807) is 6.08 Å². The van der Waals surface area contributed by atoms with Crippen LogP contribution in [0.2, 0.25) is 0 Å². The summed E-state index contributed by atoms with van der Waals surface area (Å²) in [6, 6.07) is 10.6. The summed E-state index contributed by atoms with van der Waals surface area (Å²) in [6.45, 7) is 2.20. The van der Waals surface area contributed by atoms with Crippen LogP contribution in [0.4, 0.5) is 4.39 Å². The molecule has 1 aliphatic rings. The minimum atomic E-state index is -0.721. The van der Waals surface area contributed by atoms with E-state index in [4.69, 9.17) is 5.26 Å². The predicted octanol–water partition coefficient (Wildman–Crippen LogP) is 6.70. The lowest BCUT2D eigenvalue weighted by Crippen LogP contribution is -2.15. The molecule has 0 aromatic heterocycles. The second-order valence-corrected chi connectivity index (χ2v) is 7.23. The van der Waals surface area contributed by atoms with Crippen LogP contribution in [0.3, 0.4) is 0 Å². The molecule has 1 aromatic rings. The number of allylic oxidation sites excluding steroid dienone is 4. The Kier molecular flexibility index (Phi) is 8.46. The number of hydrogen-bond acceptors (Lipinski definition) is 1. The largest absolute Gasteiger partial charge is 0.199 e. The van der Waals surface area contributed by atoms with Gasteiger partial charge in [0, 0.05) is 0 Å². The molecule has 1 nitrogen and oxygen atoms in total. The quantitative estimate of drug-likeness (QED) is 0.382. The van der Waals surface area contributed by atoms with Gasteiger partial charge in [-0.1, -0.05) is 69.0 Å². The first kappa shape index (κ1) is 19.4. The van der Waals surface area contributed by atoms with E-state index >= 15 is 0 Å². The van der Waals surface area contributed by atoms with Crippen molar-refractivity contribution in [2.75, 3.05) is 0 Å². The first-order chi connectivity index (χ1) is 12.2. The summed E-state index contributed by atoms with van der Waals surface area (Å²) in [5.74, 6) is 0.973. The van der Waals surface area contributed by atoms with Crippen LogP contribution < -0.4 is 0 Å². The third-order valence-electron chi connectivity index (χ3n) is 5.47. The van der Waals surface area contributed by atoms with Gasteiger partial charge in [-0.15, -0.1) is 0 Å². The highest BCUT2D eigenvalue weighted by molar-refractivity contribution is 5.22. The Balaban J connectivity index is 1.62. The van der Waals surface area contributed by atoms with Crippen LogP contribution in [0.1, 0.15) is 63.0 Å². The highest BCUT2D eigenvalue weighted by atomic mass is 19.1. The fourth-order valence-electron chi connectivity index (χ4n) is 3.74. The molecule has 0 amide bonds. The van der Waals surface area contributed by atoms with Gasteiger partial charge in [-0.3, -0.25) is 0 Å². The van der Waals surface area contributed by atoms with Gasteiger partial charge in [0.15, 0.2) is 5.83 Å². The highest BCUT2D eigenvalue weighted by Crippen LogP contribution is 2.34. The molecule has 1 aromatic carbocycles. The monoisotopic (exact) mass is 339 g/mol. The van der Waals surface area contributed by atoms with E-state index < -0.39 is 5.83 Å². The Bertz CT molecular complexity index is 598. The minimum Gasteiger partial charge on any atom is -0.195 e. The van der Waals surface area contributed by atoms with Crippen LogP contribution in [0.15, 0.2) is 48.3 Å². The molecule has 25 heavy (non-hydrogen) atoms. The van der Waals surface area contributed by atoms with Gasteiger partial charge < -0.3 is 0 Å². The second kappa shape index (κ2) is 10.9. The van der Waals surface area contributed by atoms with E-state index in [2.05, 4.69) is 31.2 Å². The van der Waals surface area contributed by atoms with Crippen molar-refractivity contribution in [2.45, 2.75) is 64.7 Å². The van der Waals surface area contributed by atoms with E-state index in [1.165, 1.54) is 68.2 Å². The summed E-state index contributed by atoms with van der Waals surface area (Å²) in [4.78, 5) is 0. The van der Waals surface area contributed by atoms with Gasteiger partial charge in [0.2, 0.25) is 0 Å². The molecule has 0 unspecified atom stereocenters. The molecule has 0 spiro atoms. The number of benzene rings is 1. The maximum Gasteiger partial charge on any atom is 0.199 e. The van der Waals surface area contributed by atoms with Crippen molar-refractivity contribution in [3.05, 3.63) is 59.4 Å². The average molecular weight is 339 g/mol. The van der Waals surface area contributed by atoms with Crippen molar-refractivity contribution in [3.8, 4) is 6.07 Å². The second-order valence-electron chi connectivity index (χ2n) is 7.23. The van der Waals surface area contributed by atoms with E-state index in [0.29, 0.717) is 0 Å². The Labute approximate surface area is 152 Å². The maximum absolute atomic E-state index is 12.6. The van der Waals surface area contributed by atoms with Gasteiger partial charge in [-0.25, -0.2) is 0 Å². The molecule has 1 saturated carbocycles. The fourth-order valence-corrected chi connectivity index (χ4v) is 3.74. The molecule has 0 radical (unpaired) electrons. The zero-order valence-corrected chi connectivity index (χ0v) is 15.4. The molecule has 134 valence electrons. The molecule has 1 fully saturated rings. The average Bonchev–Trinajstić information content (AvgIpc) is 2.67. The first-order valence-corrected chi connectivity index (χ1v) is 9.71. The number of nitriles is 1. The number of rotatable bonds is 8. The summed E-state index contributed by atoms with van der Waals surface area (Å²) < 4.78 is 12.6. The predicted molar refractivity (Wildman–Crippen MR) is 103 cm³/mol.